The zero-order valence-electron chi connectivity index (χ0n) is 12.0. The van der Waals surface area contributed by atoms with Crippen LogP contribution in [0.25, 0.3) is 0 Å². The molecule has 0 amide bonds. The zero-order chi connectivity index (χ0) is 15.4. The molecule has 0 saturated carbocycles. The first kappa shape index (κ1) is 15.9. The van der Waals surface area contributed by atoms with Crippen LogP contribution in [-0.4, -0.2) is 16.1 Å². The Kier molecular flexibility index (Phi) is 5.31. The van der Waals surface area contributed by atoms with Crippen LogP contribution in [0.5, 0.6) is 0 Å². The zero-order valence-corrected chi connectivity index (χ0v) is 12.8. The number of aromatic nitrogens is 2. The number of hydrogen-bond acceptors (Lipinski definition) is 2. The maximum absolute atomic E-state index is 14.2. The average Bonchev–Trinajstić information content (AvgIpc) is 2.93. The third-order valence-corrected chi connectivity index (χ3v) is 3.59. The summed E-state index contributed by atoms with van der Waals surface area (Å²) < 4.78 is 29.8. The Morgan fingerprint density at radius 2 is 2.05 bits per heavy atom. The minimum absolute atomic E-state index is 0.214. The number of nitrogens with zero attached hydrogens (tertiary/aromatic N) is 2. The Hall–Kier alpha value is -1.46. The molecule has 1 heterocycles. The van der Waals surface area contributed by atoms with E-state index in [-0.39, 0.29) is 10.6 Å². The Morgan fingerprint density at radius 3 is 2.71 bits per heavy atom. The molecule has 0 radical (unpaired) electrons. The van der Waals surface area contributed by atoms with E-state index < -0.39 is 17.7 Å². The van der Waals surface area contributed by atoms with Gasteiger partial charge in [0.1, 0.15) is 17.5 Å². The van der Waals surface area contributed by atoms with Crippen molar-refractivity contribution in [1.82, 2.24) is 14.9 Å². The molecule has 0 bridgehead atoms. The molecule has 21 heavy (non-hydrogen) atoms. The molecule has 0 aliphatic rings. The maximum Gasteiger partial charge on any atom is 0.142 e. The van der Waals surface area contributed by atoms with Gasteiger partial charge in [-0.25, -0.2) is 13.8 Å². The molecule has 1 aromatic heterocycles. The number of hydrogen-bond donors (Lipinski definition) is 1. The van der Waals surface area contributed by atoms with Gasteiger partial charge in [0.25, 0.3) is 0 Å². The molecule has 1 atom stereocenters. The summed E-state index contributed by atoms with van der Waals surface area (Å²) in [6.45, 7) is 5.36. The van der Waals surface area contributed by atoms with E-state index in [0.29, 0.717) is 18.9 Å². The number of aryl methyl sites for hydroxylation is 1. The molecule has 114 valence electrons. The largest absolute Gasteiger partial charge is 0.334 e. The van der Waals surface area contributed by atoms with Gasteiger partial charge in [-0.2, -0.15) is 0 Å². The third-order valence-electron chi connectivity index (χ3n) is 3.30. The SMILES string of the molecule is CCCNC(c1cc(F)c(Cl)cc1F)c1nccn1CC. The predicted molar refractivity (Wildman–Crippen MR) is 79.4 cm³/mol. The van der Waals surface area contributed by atoms with Gasteiger partial charge in [0.2, 0.25) is 0 Å². The van der Waals surface area contributed by atoms with Crippen LogP contribution in [-0.2, 0) is 6.54 Å². The fourth-order valence-electron chi connectivity index (χ4n) is 2.24. The quantitative estimate of drug-likeness (QED) is 0.819. The second-order valence-electron chi connectivity index (χ2n) is 4.75. The minimum Gasteiger partial charge on any atom is -0.334 e. The first-order chi connectivity index (χ1) is 10.1. The lowest BCUT2D eigenvalue weighted by molar-refractivity contribution is 0.504. The van der Waals surface area contributed by atoms with E-state index in [2.05, 4.69) is 10.3 Å². The van der Waals surface area contributed by atoms with Crippen molar-refractivity contribution in [2.24, 2.45) is 0 Å². The van der Waals surface area contributed by atoms with Gasteiger partial charge in [0.15, 0.2) is 0 Å². The van der Waals surface area contributed by atoms with Crippen molar-refractivity contribution in [3.05, 3.63) is 52.6 Å². The van der Waals surface area contributed by atoms with Crippen LogP contribution in [0.15, 0.2) is 24.5 Å². The molecule has 1 N–H and O–H groups in total. The number of nitrogens with one attached hydrogen (secondary N) is 1. The first-order valence-electron chi connectivity index (χ1n) is 6.97. The van der Waals surface area contributed by atoms with Gasteiger partial charge in [-0.3, -0.25) is 0 Å². The van der Waals surface area contributed by atoms with Crippen molar-refractivity contribution in [2.45, 2.75) is 32.9 Å². The summed E-state index contributed by atoms with van der Waals surface area (Å²) in [5, 5.41) is 3.00. The van der Waals surface area contributed by atoms with Crippen LogP contribution in [0.3, 0.4) is 0 Å². The number of halogens is 3. The highest BCUT2D eigenvalue weighted by Crippen LogP contribution is 2.27. The van der Waals surface area contributed by atoms with Gasteiger partial charge in [-0.05, 0) is 32.0 Å². The summed E-state index contributed by atoms with van der Waals surface area (Å²) in [6.07, 6.45) is 4.35. The summed E-state index contributed by atoms with van der Waals surface area (Å²) >= 11 is 5.62. The Bertz CT molecular complexity index is 613. The molecule has 2 aromatic rings. The van der Waals surface area contributed by atoms with Crippen LogP contribution in [0.2, 0.25) is 5.02 Å². The van der Waals surface area contributed by atoms with E-state index >= 15 is 0 Å². The smallest absolute Gasteiger partial charge is 0.142 e. The molecule has 0 aliphatic carbocycles. The highest BCUT2D eigenvalue weighted by atomic mass is 35.5. The molecule has 1 unspecified atom stereocenters. The van der Waals surface area contributed by atoms with Gasteiger partial charge in [0, 0.05) is 24.5 Å². The molecule has 6 heteroatoms. The Morgan fingerprint density at radius 1 is 1.29 bits per heavy atom. The topological polar surface area (TPSA) is 29.9 Å². The van der Waals surface area contributed by atoms with Crippen molar-refractivity contribution in [3.8, 4) is 0 Å². The lowest BCUT2D eigenvalue weighted by atomic mass is 10.0. The Labute approximate surface area is 128 Å². The second kappa shape index (κ2) is 7.00. The van der Waals surface area contributed by atoms with Crippen LogP contribution >= 0.6 is 11.6 Å². The van der Waals surface area contributed by atoms with Gasteiger partial charge in [-0.1, -0.05) is 18.5 Å². The number of imidazole rings is 1. The standard InChI is InChI=1S/C15H18ClF2N3/c1-3-5-19-14(15-20-6-7-21(15)4-2)10-8-13(18)11(16)9-12(10)17/h6-9,14,19H,3-5H2,1-2H3. The summed E-state index contributed by atoms with van der Waals surface area (Å²) in [6, 6.07) is 1.64. The predicted octanol–water partition coefficient (Wildman–Crippen LogP) is 3.92. The molecular weight excluding hydrogens is 296 g/mol. The molecular formula is C15H18ClF2N3. The third kappa shape index (κ3) is 3.41. The molecule has 0 fully saturated rings. The fourth-order valence-corrected chi connectivity index (χ4v) is 2.39. The van der Waals surface area contributed by atoms with E-state index in [1.54, 1.807) is 6.20 Å². The maximum atomic E-state index is 14.2. The van der Waals surface area contributed by atoms with Crippen LogP contribution < -0.4 is 5.32 Å². The second-order valence-corrected chi connectivity index (χ2v) is 5.15. The molecule has 0 spiro atoms. The summed E-state index contributed by atoms with van der Waals surface area (Å²) in [7, 11) is 0. The van der Waals surface area contributed by atoms with Crippen molar-refractivity contribution in [1.29, 1.82) is 0 Å². The van der Waals surface area contributed by atoms with E-state index in [1.165, 1.54) is 0 Å². The summed E-state index contributed by atoms with van der Waals surface area (Å²) in [5.41, 5.74) is 0.214. The van der Waals surface area contributed by atoms with Crippen molar-refractivity contribution in [2.75, 3.05) is 6.54 Å². The summed E-state index contributed by atoms with van der Waals surface area (Å²) in [4.78, 5) is 4.29. The van der Waals surface area contributed by atoms with Crippen molar-refractivity contribution in [3.63, 3.8) is 0 Å². The molecule has 3 nitrogen and oxygen atoms in total. The fraction of sp³-hybridized carbons (Fsp3) is 0.400. The van der Waals surface area contributed by atoms with Crippen LogP contribution in [0.1, 0.15) is 37.7 Å². The lowest BCUT2D eigenvalue weighted by Gasteiger charge is -2.20. The monoisotopic (exact) mass is 313 g/mol. The molecule has 0 aliphatic heterocycles. The van der Waals surface area contributed by atoms with Gasteiger partial charge < -0.3 is 9.88 Å². The first-order valence-corrected chi connectivity index (χ1v) is 7.35. The lowest BCUT2D eigenvalue weighted by Crippen LogP contribution is -2.27. The van der Waals surface area contributed by atoms with Crippen LogP contribution in [0.4, 0.5) is 8.78 Å². The molecule has 1 aromatic carbocycles. The van der Waals surface area contributed by atoms with E-state index in [0.717, 1.165) is 18.6 Å². The molecule has 2 rings (SSSR count). The van der Waals surface area contributed by atoms with E-state index in [1.807, 2.05) is 24.6 Å². The van der Waals surface area contributed by atoms with E-state index in [9.17, 15) is 8.78 Å². The minimum atomic E-state index is -0.633. The summed E-state index contributed by atoms with van der Waals surface area (Å²) in [5.74, 6) is -0.516. The highest BCUT2D eigenvalue weighted by molar-refractivity contribution is 6.30. The van der Waals surface area contributed by atoms with Gasteiger partial charge in [-0.15, -0.1) is 0 Å². The van der Waals surface area contributed by atoms with Crippen molar-refractivity contribution >= 4 is 11.6 Å². The van der Waals surface area contributed by atoms with Crippen LogP contribution in [0, 0.1) is 11.6 Å². The molecule has 0 saturated heterocycles. The van der Waals surface area contributed by atoms with E-state index in [4.69, 9.17) is 11.6 Å². The highest BCUT2D eigenvalue weighted by Gasteiger charge is 2.23. The Balaban J connectivity index is 2.48. The number of benzene rings is 1. The van der Waals surface area contributed by atoms with Gasteiger partial charge >= 0.3 is 0 Å². The normalized spacial score (nSPS) is 12.6. The van der Waals surface area contributed by atoms with Gasteiger partial charge in [0.05, 0.1) is 11.1 Å². The average molecular weight is 314 g/mol. The van der Waals surface area contributed by atoms with Crippen molar-refractivity contribution < 1.29 is 8.78 Å². The number of rotatable bonds is 6.